The number of hydrogen-bond donors (Lipinski definition) is 0. The van der Waals surface area contributed by atoms with Gasteiger partial charge in [-0.2, -0.15) is 0 Å². The maximum absolute atomic E-state index is 6.08. The number of benzene rings is 1. The molecule has 2 heterocycles. The number of allylic oxidation sites excluding steroid dienone is 8. The van der Waals surface area contributed by atoms with Gasteiger partial charge in [-0.05, 0) is 81.7 Å². The molecule has 40 heavy (non-hydrogen) atoms. The molecule has 0 radical (unpaired) electrons. The zero-order valence-electron chi connectivity index (χ0n) is 28.3. The smallest absolute Gasteiger partial charge is 0.402 e. The molecule has 1 aromatic carbocycles. The van der Waals surface area contributed by atoms with E-state index in [1.54, 1.807) is 0 Å². The van der Waals surface area contributed by atoms with Crippen molar-refractivity contribution in [3.05, 3.63) is 90.1 Å². The maximum atomic E-state index is 6.08. The third kappa shape index (κ3) is 14.0. The molecule has 1 aromatic rings. The Morgan fingerprint density at radius 2 is 1.50 bits per heavy atom. The summed E-state index contributed by atoms with van der Waals surface area (Å²) < 4.78 is 12.1. The van der Waals surface area contributed by atoms with E-state index >= 15 is 0 Å². The summed E-state index contributed by atoms with van der Waals surface area (Å²) >= 11 is 0. The third-order valence-corrected chi connectivity index (χ3v) is 6.32. The second-order valence-electron chi connectivity index (χ2n) is 9.91. The first-order chi connectivity index (χ1) is 19.2. The number of nitrogens with zero attached hydrogens (tertiary/aromatic N) is 1. The molecule has 0 spiro atoms. The summed E-state index contributed by atoms with van der Waals surface area (Å²) in [6.07, 6.45) is 15.4. The Morgan fingerprint density at radius 3 is 1.90 bits per heavy atom. The predicted octanol–water partition coefficient (Wildman–Crippen LogP) is 9.64. The van der Waals surface area contributed by atoms with E-state index in [0.717, 1.165) is 29.6 Å². The first kappa shape index (κ1) is 40.0. The van der Waals surface area contributed by atoms with Crippen LogP contribution in [0.25, 0.3) is 0 Å². The van der Waals surface area contributed by atoms with Crippen LogP contribution in [0.4, 0.5) is 0 Å². The Kier molecular flexibility index (Phi) is 23.6. The quantitative estimate of drug-likeness (QED) is 0.249. The largest absolute Gasteiger partial charge is 0.494 e. The number of hydrogen-bond acceptors (Lipinski definition) is 3. The van der Waals surface area contributed by atoms with E-state index in [2.05, 4.69) is 77.8 Å². The molecule has 1 saturated heterocycles. The highest BCUT2D eigenvalue weighted by atomic mass is 16.7. The SMILES string of the molecule is C=CC(/C=C\C)=C(C=C)\C=C/C.CC.CC.CCC.CCCN1CCc2ccc(B3OC(C)C(C)(C)O3)cc2C1. The van der Waals surface area contributed by atoms with Crippen molar-refractivity contribution in [2.45, 2.75) is 121 Å². The second kappa shape index (κ2) is 23.6. The van der Waals surface area contributed by atoms with Crippen LogP contribution in [0, 0.1) is 0 Å². The molecule has 0 bridgehead atoms. The van der Waals surface area contributed by atoms with Crippen molar-refractivity contribution >= 4 is 12.6 Å². The highest BCUT2D eigenvalue weighted by molar-refractivity contribution is 6.62. The van der Waals surface area contributed by atoms with E-state index in [4.69, 9.17) is 9.31 Å². The van der Waals surface area contributed by atoms with Crippen molar-refractivity contribution in [1.29, 1.82) is 0 Å². The molecule has 0 saturated carbocycles. The van der Waals surface area contributed by atoms with Crippen LogP contribution in [-0.2, 0) is 22.3 Å². The van der Waals surface area contributed by atoms with Gasteiger partial charge in [0.25, 0.3) is 0 Å². The summed E-state index contributed by atoms with van der Waals surface area (Å²) in [5.74, 6) is 0. The molecule has 2 aliphatic rings. The van der Waals surface area contributed by atoms with Crippen LogP contribution in [0.1, 0.15) is 107 Å². The predicted molar refractivity (Wildman–Crippen MR) is 183 cm³/mol. The van der Waals surface area contributed by atoms with Crippen LogP contribution >= 0.6 is 0 Å². The number of fused-ring (bicyclic) bond motifs is 1. The van der Waals surface area contributed by atoms with Gasteiger partial charge in [0.05, 0.1) is 11.7 Å². The van der Waals surface area contributed by atoms with Crippen molar-refractivity contribution in [3.63, 3.8) is 0 Å². The van der Waals surface area contributed by atoms with Crippen LogP contribution in [0.2, 0.25) is 0 Å². The van der Waals surface area contributed by atoms with Crippen molar-refractivity contribution in [2.24, 2.45) is 0 Å². The normalized spacial score (nSPS) is 18.0. The lowest BCUT2D eigenvalue weighted by Crippen LogP contribution is -2.37. The first-order valence-electron chi connectivity index (χ1n) is 15.6. The minimum Gasteiger partial charge on any atom is -0.402 e. The molecule has 0 amide bonds. The van der Waals surface area contributed by atoms with Crippen molar-refractivity contribution in [2.75, 3.05) is 13.1 Å². The third-order valence-electron chi connectivity index (χ3n) is 6.32. The van der Waals surface area contributed by atoms with Gasteiger partial charge in [0, 0.05) is 13.1 Å². The van der Waals surface area contributed by atoms with Crippen LogP contribution < -0.4 is 5.46 Å². The zero-order chi connectivity index (χ0) is 31.1. The second-order valence-corrected chi connectivity index (χ2v) is 9.91. The van der Waals surface area contributed by atoms with Crippen molar-refractivity contribution in [1.82, 2.24) is 4.90 Å². The lowest BCUT2D eigenvalue weighted by Gasteiger charge is -2.29. The summed E-state index contributed by atoms with van der Waals surface area (Å²) in [5, 5.41) is 0. The Balaban J connectivity index is 0. The van der Waals surface area contributed by atoms with Crippen LogP contribution in [0.3, 0.4) is 0 Å². The average molecular weight is 552 g/mol. The highest BCUT2D eigenvalue weighted by Gasteiger charge is 2.44. The Hall–Kier alpha value is -2.14. The number of rotatable bonds is 7. The van der Waals surface area contributed by atoms with Crippen LogP contribution in [0.5, 0.6) is 0 Å². The zero-order valence-corrected chi connectivity index (χ0v) is 28.3. The molecule has 226 valence electrons. The van der Waals surface area contributed by atoms with Gasteiger partial charge in [0.1, 0.15) is 0 Å². The first-order valence-corrected chi connectivity index (χ1v) is 15.6. The van der Waals surface area contributed by atoms with Crippen LogP contribution in [0.15, 0.2) is 79.0 Å². The molecule has 2 aliphatic heterocycles. The minimum absolute atomic E-state index is 0.120. The molecule has 0 aromatic heterocycles. The molecule has 4 heteroatoms. The van der Waals surface area contributed by atoms with E-state index in [0.29, 0.717) is 0 Å². The minimum atomic E-state index is -0.221. The highest BCUT2D eigenvalue weighted by Crippen LogP contribution is 2.27. The Labute approximate surface area is 250 Å². The summed E-state index contributed by atoms with van der Waals surface area (Å²) in [6, 6.07) is 6.72. The average Bonchev–Trinajstić information content (AvgIpc) is 3.25. The molecular formula is C36H62BNO2. The monoisotopic (exact) mass is 551 g/mol. The van der Waals surface area contributed by atoms with Gasteiger partial charge in [-0.25, -0.2) is 0 Å². The molecule has 1 atom stereocenters. The summed E-state index contributed by atoms with van der Waals surface area (Å²) in [7, 11) is -0.221. The summed E-state index contributed by atoms with van der Waals surface area (Å²) in [4.78, 5) is 2.54. The lowest BCUT2D eigenvalue weighted by molar-refractivity contribution is 0.0842. The van der Waals surface area contributed by atoms with E-state index in [1.165, 1.54) is 37.1 Å². The summed E-state index contributed by atoms with van der Waals surface area (Å²) in [6.45, 7) is 35.6. The molecule has 3 rings (SSSR count). The van der Waals surface area contributed by atoms with Gasteiger partial charge in [-0.15, -0.1) is 0 Å². The van der Waals surface area contributed by atoms with E-state index in [1.807, 2.05) is 78.0 Å². The fourth-order valence-corrected chi connectivity index (χ4v) is 4.11. The molecule has 1 unspecified atom stereocenters. The van der Waals surface area contributed by atoms with Gasteiger partial charge < -0.3 is 9.31 Å². The van der Waals surface area contributed by atoms with Crippen molar-refractivity contribution < 1.29 is 9.31 Å². The topological polar surface area (TPSA) is 21.7 Å². The molecule has 1 fully saturated rings. The fourth-order valence-electron chi connectivity index (χ4n) is 4.11. The van der Waals surface area contributed by atoms with Crippen molar-refractivity contribution in [3.8, 4) is 0 Å². The Morgan fingerprint density at radius 1 is 0.975 bits per heavy atom. The molecule has 0 aliphatic carbocycles. The molecular weight excluding hydrogens is 489 g/mol. The van der Waals surface area contributed by atoms with E-state index < -0.39 is 0 Å². The van der Waals surface area contributed by atoms with Gasteiger partial charge in [-0.3, -0.25) is 4.90 Å². The van der Waals surface area contributed by atoms with E-state index in [9.17, 15) is 0 Å². The Bertz CT molecular complexity index is 887. The van der Waals surface area contributed by atoms with Gasteiger partial charge in [-0.1, -0.05) is 123 Å². The van der Waals surface area contributed by atoms with Crippen LogP contribution in [-0.4, -0.2) is 36.8 Å². The van der Waals surface area contributed by atoms with Gasteiger partial charge >= 0.3 is 7.12 Å². The van der Waals surface area contributed by atoms with Gasteiger partial charge in [0.2, 0.25) is 0 Å². The fraction of sp³-hybridized carbons (Fsp3) is 0.556. The van der Waals surface area contributed by atoms with E-state index in [-0.39, 0.29) is 18.8 Å². The lowest BCUT2D eigenvalue weighted by atomic mass is 9.77. The molecule has 3 nitrogen and oxygen atoms in total. The maximum Gasteiger partial charge on any atom is 0.494 e. The molecule has 0 N–H and O–H groups in total. The standard InChI is InChI=1S/C17H26BNO2.C12H16.C3H8.2C2H6/c1-5-9-19-10-8-14-6-7-16(11-15(14)12-19)18-20-13(2)17(3,4)21-18;1-5-9-11(7-3)12(8-4)10-6-2;1-3-2;2*1-2/h6-7,11,13H,5,8-10,12H2,1-4H3;5-10H,3-4H2,1-2H3;3H2,1-2H3;2*1-2H3/b;9-5-,10-6-,12-11+;;;. The van der Waals surface area contributed by atoms with Gasteiger partial charge in [0.15, 0.2) is 0 Å². The summed E-state index contributed by atoms with van der Waals surface area (Å²) in [5.41, 5.74) is 6.07.